The number of hydrogen-bond donors (Lipinski definition) is 2. The normalized spacial score (nSPS) is 14.4. The van der Waals surface area contributed by atoms with Crippen molar-refractivity contribution >= 4 is 19.8 Å². The number of nitrogens with zero attached hydrogens (tertiary/aromatic N) is 4. The van der Waals surface area contributed by atoms with E-state index < -0.39 is 8.07 Å². The van der Waals surface area contributed by atoms with Crippen LogP contribution in [-0.4, -0.2) is 67.8 Å². The second-order valence-electron chi connectivity index (χ2n) is 11.0. The number of ether oxygens (including phenoxy) is 2. The lowest BCUT2D eigenvalue weighted by Gasteiger charge is -2.27. The first kappa shape index (κ1) is 29.0. The number of nitriles is 1. The number of carbonyl (C=O) groups excluding carboxylic acids is 1. The molecule has 0 aromatic heterocycles. The summed E-state index contributed by atoms with van der Waals surface area (Å²) < 4.78 is 13.7. The van der Waals surface area contributed by atoms with Gasteiger partial charge in [0.05, 0.1) is 18.8 Å². The summed E-state index contributed by atoms with van der Waals surface area (Å²) in [5.74, 6) is 1.21. The Balaban J connectivity index is 1.77. The van der Waals surface area contributed by atoms with E-state index in [2.05, 4.69) is 38.0 Å². The van der Waals surface area contributed by atoms with Crippen LogP contribution >= 0.6 is 0 Å². The van der Waals surface area contributed by atoms with E-state index in [9.17, 15) is 10.1 Å². The molecule has 1 saturated heterocycles. The molecular formula is C27H44N6O3Si. The van der Waals surface area contributed by atoms with E-state index in [0.717, 1.165) is 74.6 Å². The maximum atomic E-state index is 12.0. The lowest BCUT2D eigenvalue weighted by molar-refractivity contribution is -0.131. The van der Waals surface area contributed by atoms with Crippen molar-refractivity contribution in [1.82, 2.24) is 19.8 Å². The van der Waals surface area contributed by atoms with Crippen molar-refractivity contribution in [3.05, 3.63) is 17.3 Å². The molecule has 0 atom stereocenters. The predicted molar refractivity (Wildman–Crippen MR) is 149 cm³/mol. The fourth-order valence-electron chi connectivity index (χ4n) is 4.45. The highest BCUT2D eigenvalue weighted by atomic mass is 28.3. The molecule has 3 rings (SSSR count). The van der Waals surface area contributed by atoms with Crippen LogP contribution in [0.3, 0.4) is 0 Å². The van der Waals surface area contributed by atoms with Gasteiger partial charge in [-0.2, -0.15) is 5.26 Å². The molecule has 3 heterocycles. The van der Waals surface area contributed by atoms with E-state index in [1.807, 2.05) is 11.0 Å². The number of piperazine rings is 1. The molecule has 9 nitrogen and oxygen atoms in total. The number of aromatic nitrogens is 2. The van der Waals surface area contributed by atoms with Gasteiger partial charge in [0, 0.05) is 51.5 Å². The molecule has 3 N–H and O–H groups in total. The Morgan fingerprint density at radius 2 is 2.03 bits per heavy atom. The van der Waals surface area contributed by atoms with Gasteiger partial charge in [-0.1, -0.05) is 39.4 Å². The Kier molecular flexibility index (Phi) is 10.8. The average Bonchev–Trinajstić information content (AvgIpc) is 3.28. The third-order valence-electron chi connectivity index (χ3n) is 6.77. The topological polar surface area (TPSA) is 118 Å². The highest BCUT2D eigenvalue weighted by Gasteiger charge is 2.25. The Bertz CT molecular complexity index is 1040. The Morgan fingerprint density at radius 1 is 1.22 bits per heavy atom. The number of amides is 1. The second kappa shape index (κ2) is 13.8. The molecule has 0 aromatic rings. The molecule has 3 aliphatic heterocycles. The lowest BCUT2D eigenvalue weighted by Crippen LogP contribution is -2.48. The first-order valence-electron chi connectivity index (χ1n) is 13.7. The van der Waals surface area contributed by atoms with Crippen LogP contribution in [0.5, 0.6) is 5.88 Å². The Hall–Kier alpha value is -2.61. The van der Waals surface area contributed by atoms with Gasteiger partial charge in [0.15, 0.2) is 0 Å². The molecule has 0 unspecified atom stereocenters. The zero-order valence-electron chi connectivity index (χ0n) is 23.1. The summed E-state index contributed by atoms with van der Waals surface area (Å²) in [6, 6.07) is 5.32. The van der Waals surface area contributed by atoms with Crippen LogP contribution in [-0.2, 0) is 22.7 Å². The van der Waals surface area contributed by atoms with Gasteiger partial charge in [0.25, 0.3) is 0 Å². The molecule has 0 aromatic carbocycles. The molecule has 204 valence electrons. The Labute approximate surface area is 222 Å². The summed E-state index contributed by atoms with van der Waals surface area (Å²) in [5, 5.41) is 13.3. The largest absolute Gasteiger partial charge is 0.478 e. The maximum absolute atomic E-state index is 12.0. The van der Waals surface area contributed by atoms with Crippen LogP contribution in [0.1, 0.15) is 50.3 Å². The highest BCUT2D eigenvalue weighted by molar-refractivity contribution is 6.76. The summed E-state index contributed by atoms with van der Waals surface area (Å²) >= 11 is 0. The van der Waals surface area contributed by atoms with E-state index in [-0.39, 0.29) is 12.6 Å². The molecule has 37 heavy (non-hydrogen) atoms. The van der Waals surface area contributed by atoms with Crippen LogP contribution in [0.25, 0.3) is 11.3 Å². The van der Waals surface area contributed by atoms with E-state index in [1.54, 1.807) is 4.57 Å². The van der Waals surface area contributed by atoms with Gasteiger partial charge in [0.2, 0.25) is 11.8 Å². The van der Waals surface area contributed by atoms with Crippen LogP contribution in [0, 0.1) is 11.3 Å². The monoisotopic (exact) mass is 528 g/mol. The fourth-order valence-corrected chi connectivity index (χ4v) is 5.21. The molecule has 1 amide bonds. The number of fused-ring (bicyclic) bond motifs is 1. The van der Waals surface area contributed by atoms with Crippen LogP contribution in [0.2, 0.25) is 25.7 Å². The lowest BCUT2D eigenvalue weighted by atomic mass is 9.99. The minimum atomic E-state index is -1.23. The van der Waals surface area contributed by atoms with E-state index in [0.29, 0.717) is 43.6 Å². The van der Waals surface area contributed by atoms with Gasteiger partial charge in [0.1, 0.15) is 24.3 Å². The van der Waals surface area contributed by atoms with Crippen molar-refractivity contribution in [2.45, 2.75) is 77.9 Å². The molecular weight excluding hydrogens is 484 g/mol. The number of nitrogen functional groups attached to an aromatic ring is 1. The molecule has 0 saturated carbocycles. The SMILES string of the molecule is CCCCOc1cc2c(N)n(COCC[Si](C)(C)C)c(C#N)c(CCCCCN3CCNCC3=O)c-2n1. The number of nitrogens with two attached hydrogens (primary N) is 1. The third-order valence-corrected chi connectivity index (χ3v) is 8.47. The summed E-state index contributed by atoms with van der Waals surface area (Å²) in [7, 11) is -1.23. The number of hydrogen-bond acceptors (Lipinski definition) is 7. The molecule has 0 aliphatic carbocycles. The molecule has 0 bridgehead atoms. The smallest absolute Gasteiger partial charge is 0.236 e. The molecule has 0 spiro atoms. The number of unbranched alkanes of at least 4 members (excludes halogenated alkanes) is 3. The van der Waals surface area contributed by atoms with E-state index in [1.165, 1.54) is 0 Å². The minimum Gasteiger partial charge on any atom is -0.478 e. The molecule has 3 aliphatic rings. The third kappa shape index (κ3) is 8.19. The number of pyridine rings is 1. The van der Waals surface area contributed by atoms with Crippen molar-refractivity contribution in [1.29, 1.82) is 5.26 Å². The number of rotatable bonds is 15. The van der Waals surface area contributed by atoms with Crippen molar-refractivity contribution < 1.29 is 14.3 Å². The highest BCUT2D eigenvalue weighted by Crippen LogP contribution is 2.38. The standard InChI is InChI=1S/C27H44N6O3Si/c1-5-6-14-36-24-17-22-26(31-24)21(10-8-7-9-12-32-13-11-30-19-25(32)34)23(18-28)33(27(22)29)20-35-15-16-37(2,3)4/h17,30H,5-16,19-20,29H2,1-4H3. The maximum Gasteiger partial charge on any atom is 0.236 e. The van der Waals surface area contributed by atoms with Crippen LogP contribution < -0.4 is 15.8 Å². The minimum absolute atomic E-state index is 0.171. The zero-order valence-corrected chi connectivity index (χ0v) is 24.1. The van der Waals surface area contributed by atoms with Gasteiger partial charge >= 0.3 is 0 Å². The average molecular weight is 529 g/mol. The van der Waals surface area contributed by atoms with Gasteiger partial charge in [-0.05, 0) is 31.7 Å². The first-order valence-corrected chi connectivity index (χ1v) is 17.4. The Morgan fingerprint density at radius 3 is 2.73 bits per heavy atom. The summed E-state index contributed by atoms with van der Waals surface area (Å²) in [4.78, 5) is 18.7. The summed E-state index contributed by atoms with van der Waals surface area (Å²) in [5.41, 5.74) is 9.53. The van der Waals surface area contributed by atoms with Gasteiger partial charge < -0.3 is 25.4 Å². The summed E-state index contributed by atoms with van der Waals surface area (Å²) in [6.45, 7) is 13.4. The number of anilines is 1. The van der Waals surface area contributed by atoms with Gasteiger partial charge in [-0.25, -0.2) is 4.98 Å². The quantitative estimate of drug-likeness (QED) is 0.264. The number of carbonyl (C=O) groups is 1. The molecule has 0 radical (unpaired) electrons. The van der Waals surface area contributed by atoms with Crippen LogP contribution in [0.4, 0.5) is 5.82 Å². The molecule has 1 fully saturated rings. The second-order valence-corrected chi connectivity index (χ2v) is 16.6. The van der Waals surface area contributed by atoms with Crippen molar-refractivity contribution in [2.24, 2.45) is 0 Å². The summed E-state index contributed by atoms with van der Waals surface area (Å²) in [6.07, 6.45) is 5.49. The number of nitrogens with one attached hydrogen (secondary N) is 1. The fraction of sp³-hybridized carbons (Fsp3) is 0.667. The zero-order chi connectivity index (χ0) is 26.8. The van der Waals surface area contributed by atoms with E-state index in [4.69, 9.17) is 20.2 Å². The van der Waals surface area contributed by atoms with Gasteiger partial charge in [-0.3, -0.25) is 9.36 Å². The van der Waals surface area contributed by atoms with E-state index >= 15 is 0 Å². The van der Waals surface area contributed by atoms with Crippen molar-refractivity contribution in [3.63, 3.8) is 0 Å². The van der Waals surface area contributed by atoms with Crippen molar-refractivity contribution in [3.8, 4) is 23.2 Å². The molecule has 10 heteroatoms. The predicted octanol–water partition coefficient (Wildman–Crippen LogP) is 4.08. The van der Waals surface area contributed by atoms with Gasteiger partial charge in [-0.15, -0.1) is 0 Å². The van der Waals surface area contributed by atoms with Crippen LogP contribution in [0.15, 0.2) is 6.07 Å². The first-order chi connectivity index (χ1) is 17.7. The van der Waals surface area contributed by atoms with Crippen molar-refractivity contribution in [2.75, 3.05) is 45.1 Å².